The summed E-state index contributed by atoms with van der Waals surface area (Å²) >= 11 is -2.46. The molecule has 2 N–H and O–H groups in total. The lowest BCUT2D eigenvalue weighted by atomic mass is 10.0. The highest BCUT2D eigenvalue weighted by molar-refractivity contribution is 7.80. The molecule has 136 valence electrons. The molecule has 1 unspecified atom stereocenters. The van der Waals surface area contributed by atoms with Crippen LogP contribution in [0.4, 0.5) is 5.69 Å². The highest BCUT2D eigenvalue weighted by Gasteiger charge is 2.39. The largest absolute Gasteiger partial charge is 0.493 e. The molecule has 2 aliphatic rings. The van der Waals surface area contributed by atoms with E-state index in [1.807, 2.05) is 6.07 Å². The van der Waals surface area contributed by atoms with Crippen LogP contribution >= 0.6 is 0 Å². The number of carboxylic acid groups (broad SMARTS) is 1. The molecule has 6 nitrogen and oxygen atoms in total. The molecule has 1 aromatic carbocycles. The Hall–Kier alpha value is -1.86. The third-order valence-electron chi connectivity index (χ3n) is 4.85. The van der Waals surface area contributed by atoms with E-state index in [2.05, 4.69) is 0 Å². The highest BCUT2D eigenvalue weighted by Crippen LogP contribution is 2.40. The van der Waals surface area contributed by atoms with Crippen LogP contribution in [0.15, 0.2) is 23.8 Å². The number of hydrogen-bond donors (Lipinski definition) is 2. The Balaban J connectivity index is 2.03. The lowest BCUT2D eigenvalue weighted by Gasteiger charge is -2.33. The Bertz CT molecular complexity index is 756. The Labute approximate surface area is 149 Å². The van der Waals surface area contributed by atoms with Gasteiger partial charge in [0.2, 0.25) is 0 Å². The number of anilines is 1. The average molecular weight is 365 g/mol. The normalized spacial score (nSPS) is 18.5. The summed E-state index contributed by atoms with van der Waals surface area (Å²) in [6.07, 6.45) is 5.14. The first-order valence-corrected chi connectivity index (χ1v) is 9.51. The highest BCUT2D eigenvalue weighted by atomic mass is 32.2. The number of carbonyl (C=O) groups is 1. The Morgan fingerprint density at radius 2 is 2.04 bits per heavy atom. The molecule has 0 saturated heterocycles. The van der Waals surface area contributed by atoms with Crippen molar-refractivity contribution in [1.82, 2.24) is 0 Å². The Morgan fingerprint density at radius 1 is 1.28 bits per heavy atom. The van der Waals surface area contributed by atoms with Gasteiger partial charge in [-0.15, -0.1) is 0 Å². The second-order valence-electron chi connectivity index (χ2n) is 7.00. The van der Waals surface area contributed by atoms with Crippen molar-refractivity contribution in [2.24, 2.45) is 0 Å². The van der Waals surface area contributed by atoms with Crippen molar-refractivity contribution in [3.8, 4) is 0 Å². The molecule has 0 saturated carbocycles. The second kappa shape index (κ2) is 6.80. The molecule has 0 amide bonds. The maximum Gasteiger partial charge on any atom is 0.330 e. The van der Waals surface area contributed by atoms with Crippen molar-refractivity contribution in [1.29, 1.82) is 0 Å². The zero-order valence-electron chi connectivity index (χ0n) is 14.4. The first-order chi connectivity index (χ1) is 11.8. The first kappa shape index (κ1) is 17.9. The molecular weight excluding hydrogens is 342 g/mol. The van der Waals surface area contributed by atoms with Gasteiger partial charge in [-0.05, 0) is 69.2 Å². The molecule has 7 heteroatoms. The summed E-state index contributed by atoms with van der Waals surface area (Å²) in [4.78, 5) is 11.6. The van der Waals surface area contributed by atoms with Crippen LogP contribution in [0.25, 0.3) is 5.76 Å². The van der Waals surface area contributed by atoms with Crippen LogP contribution in [0.2, 0.25) is 0 Å². The van der Waals surface area contributed by atoms with Gasteiger partial charge in [-0.25, -0.2) is 9.00 Å². The van der Waals surface area contributed by atoms with Gasteiger partial charge in [-0.2, -0.15) is 0 Å². The van der Waals surface area contributed by atoms with Crippen molar-refractivity contribution in [2.45, 2.75) is 51.5 Å². The number of rotatable bonds is 4. The van der Waals surface area contributed by atoms with Crippen molar-refractivity contribution in [2.75, 3.05) is 10.9 Å². The monoisotopic (exact) mass is 365 g/mol. The summed E-state index contributed by atoms with van der Waals surface area (Å²) in [5.74, 6) is -0.300. The van der Waals surface area contributed by atoms with Crippen LogP contribution in [0.1, 0.15) is 50.7 Å². The Kier molecular flexibility index (Phi) is 4.88. The van der Waals surface area contributed by atoms with Gasteiger partial charge in [0.05, 0.1) is 12.3 Å². The molecule has 25 heavy (non-hydrogen) atoms. The zero-order chi connectivity index (χ0) is 18.2. The summed E-state index contributed by atoms with van der Waals surface area (Å²) in [5, 5.41) is 9.45. The standard InChI is InChI=1S/C18H23NO5S/c1-18(2,17(20)21)19(25(22)23)14-8-7-12-10-13-6-4-3-5-9-24-16(13)15(12)11-14/h7-8,11H,3-6,9-10H2,1-2H3,(H,20,21)(H,22,23). The SMILES string of the molecule is CC(C)(C(=O)O)N(c1ccc2c(c1)C1=C(CCCCCO1)C2)S(=O)O. The fourth-order valence-corrected chi connectivity index (χ4v) is 4.19. The number of hydrogen-bond acceptors (Lipinski definition) is 3. The summed E-state index contributed by atoms with van der Waals surface area (Å²) in [5.41, 5.74) is 2.16. The summed E-state index contributed by atoms with van der Waals surface area (Å²) < 4.78 is 28.5. The van der Waals surface area contributed by atoms with E-state index in [1.54, 1.807) is 12.1 Å². The average Bonchev–Trinajstić information content (AvgIpc) is 2.82. The number of benzene rings is 1. The molecular formula is C18H23NO5S. The summed E-state index contributed by atoms with van der Waals surface area (Å²) in [6.45, 7) is 3.49. The van der Waals surface area contributed by atoms with E-state index < -0.39 is 22.8 Å². The van der Waals surface area contributed by atoms with Gasteiger partial charge < -0.3 is 9.84 Å². The van der Waals surface area contributed by atoms with Crippen LogP contribution < -0.4 is 4.31 Å². The minimum Gasteiger partial charge on any atom is -0.493 e. The van der Waals surface area contributed by atoms with Crippen LogP contribution in [0.3, 0.4) is 0 Å². The lowest BCUT2D eigenvalue weighted by Crippen LogP contribution is -2.51. The van der Waals surface area contributed by atoms with E-state index in [1.165, 1.54) is 19.4 Å². The number of nitrogens with zero attached hydrogens (tertiary/aromatic N) is 1. The molecule has 1 aliphatic carbocycles. The second-order valence-corrected chi connectivity index (χ2v) is 7.83. The quantitative estimate of drug-likeness (QED) is 0.799. The van der Waals surface area contributed by atoms with Crippen molar-refractivity contribution < 1.29 is 23.4 Å². The van der Waals surface area contributed by atoms with Gasteiger partial charge in [0, 0.05) is 5.56 Å². The topological polar surface area (TPSA) is 87.1 Å². The number of aliphatic carboxylic acids is 1. The molecule has 0 spiro atoms. The molecule has 0 bridgehead atoms. The molecule has 1 aromatic rings. The summed E-state index contributed by atoms with van der Waals surface area (Å²) in [6, 6.07) is 5.38. The first-order valence-electron chi connectivity index (χ1n) is 8.45. The third kappa shape index (κ3) is 3.30. The van der Waals surface area contributed by atoms with E-state index in [0.29, 0.717) is 12.3 Å². The molecule has 0 fully saturated rings. The van der Waals surface area contributed by atoms with Crippen molar-refractivity contribution >= 4 is 28.7 Å². The predicted molar refractivity (Wildman–Crippen MR) is 96.5 cm³/mol. The molecule has 1 aliphatic heterocycles. The third-order valence-corrected chi connectivity index (χ3v) is 5.83. The number of fused-ring (bicyclic) bond motifs is 2. The van der Waals surface area contributed by atoms with Crippen LogP contribution in [-0.2, 0) is 27.2 Å². The molecule has 0 radical (unpaired) electrons. The van der Waals surface area contributed by atoms with Gasteiger partial charge in [-0.3, -0.25) is 8.86 Å². The van der Waals surface area contributed by atoms with Gasteiger partial charge >= 0.3 is 5.97 Å². The van der Waals surface area contributed by atoms with Crippen LogP contribution in [0.5, 0.6) is 0 Å². The minimum absolute atomic E-state index is 0.395. The van der Waals surface area contributed by atoms with Gasteiger partial charge in [0.1, 0.15) is 11.3 Å². The maximum absolute atomic E-state index is 11.9. The fourth-order valence-electron chi connectivity index (χ4n) is 3.43. The Morgan fingerprint density at radius 3 is 2.72 bits per heavy atom. The molecule has 3 rings (SSSR count). The zero-order valence-corrected chi connectivity index (χ0v) is 15.3. The smallest absolute Gasteiger partial charge is 0.330 e. The fraction of sp³-hybridized carbons (Fsp3) is 0.500. The number of carboxylic acids is 1. The van der Waals surface area contributed by atoms with E-state index >= 15 is 0 Å². The molecule has 1 atom stereocenters. The maximum atomic E-state index is 11.9. The summed E-state index contributed by atoms with van der Waals surface area (Å²) in [7, 11) is 0. The molecule has 0 aromatic heterocycles. The lowest BCUT2D eigenvalue weighted by molar-refractivity contribution is -0.141. The van der Waals surface area contributed by atoms with Crippen molar-refractivity contribution in [3.05, 3.63) is 34.9 Å². The van der Waals surface area contributed by atoms with Gasteiger partial charge in [0.25, 0.3) is 11.3 Å². The van der Waals surface area contributed by atoms with Crippen LogP contribution in [-0.4, -0.2) is 32.0 Å². The number of ether oxygens (including phenoxy) is 1. The van der Waals surface area contributed by atoms with E-state index in [4.69, 9.17) is 4.74 Å². The van der Waals surface area contributed by atoms with E-state index in [-0.39, 0.29) is 0 Å². The van der Waals surface area contributed by atoms with Gasteiger partial charge in [0.15, 0.2) is 0 Å². The molecule has 1 heterocycles. The van der Waals surface area contributed by atoms with Crippen molar-refractivity contribution in [3.63, 3.8) is 0 Å². The minimum atomic E-state index is -2.46. The van der Waals surface area contributed by atoms with Gasteiger partial charge in [-0.1, -0.05) is 6.07 Å². The predicted octanol–water partition coefficient (Wildman–Crippen LogP) is 3.35. The van der Waals surface area contributed by atoms with Crippen LogP contribution in [0, 0.1) is 0 Å². The number of allylic oxidation sites excluding steroid dienone is 1. The van der Waals surface area contributed by atoms with E-state index in [9.17, 15) is 18.7 Å². The van der Waals surface area contributed by atoms with E-state index in [0.717, 1.165) is 53.3 Å².